The molecule has 45 heavy (non-hydrogen) atoms. The molecule has 0 radical (unpaired) electrons. The van der Waals surface area contributed by atoms with E-state index in [-0.39, 0.29) is 55.6 Å². The Labute approximate surface area is 266 Å². The Balaban J connectivity index is 0.00000357. The highest BCUT2D eigenvalue weighted by Gasteiger charge is 2.56. The van der Waals surface area contributed by atoms with Gasteiger partial charge < -0.3 is 52.8 Å². The molecule has 3 fully saturated rings. The van der Waals surface area contributed by atoms with Gasteiger partial charge in [0.1, 0.15) is 18.3 Å². The van der Waals surface area contributed by atoms with Gasteiger partial charge in [0, 0.05) is 11.8 Å². The van der Waals surface area contributed by atoms with Crippen LogP contribution in [0.1, 0.15) is 35.6 Å². The number of hydrogen-bond donors (Lipinski definition) is 2. The first-order valence-electron chi connectivity index (χ1n) is 14.7. The van der Waals surface area contributed by atoms with Crippen LogP contribution in [0.25, 0.3) is 0 Å². The van der Waals surface area contributed by atoms with Crippen LogP contribution in [0.2, 0.25) is 0 Å². The standard InChI is InChI=1S/C31H37NO12.ClH/c1-13-38-11-22-29(42-13)27(34)25(32(2)3)31(43-22)44-28-16-9-19-18(40-12-41-19)8-15(16)23(24-17(28)10-39-30(24)35)14-6-20(36-4)26(33)21(7-14)37-5;/h6-9,13,17,22-25,27-29,31,33-34H,10-12H2,1-5H3;1H/t13?,17-,22+,23-,24-,25+,27+,28+,29+,31-;/m0./s1. The second-order valence-electron chi connectivity index (χ2n) is 12.0. The first-order chi connectivity index (χ1) is 21.2. The third-order valence-corrected chi connectivity index (χ3v) is 9.34. The summed E-state index contributed by atoms with van der Waals surface area (Å²) in [5.41, 5.74) is 2.23. The van der Waals surface area contributed by atoms with Gasteiger partial charge in [-0.15, -0.1) is 12.4 Å². The number of esters is 1. The molecule has 0 spiro atoms. The number of phenols is 1. The lowest BCUT2D eigenvalue weighted by Gasteiger charge is -2.50. The minimum Gasteiger partial charge on any atom is -0.502 e. The fourth-order valence-corrected chi connectivity index (χ4v) is 7.28. The van der Waals surface area contributed by atoms with E-state index in [1.807, 2.05) is 31.1 Å². The van der Waals surface area contributed by atoms with Gasteiger partial charge in [0.05, 0.1) is 45.5 Å². The fourth-order valence-electron chi connectivity index (χ4n) is 7.28. The molecule has 4 heterocycles. The quantitative estimate of drug-likeness (QED) is 0.442. The van der Waals surface area contributed by atoms with Crippen molar-refractivity contribution in [2.75, 3.05) is 48.3 Å². The number of aliphatic hydroxyl groups excluding tert-OH is 1. The predicted molar refractivity (Wildman–Crippen MR) is 157 cm³/mol. The molecule has 0 bridgehead atoms. The highest BCUT2D eigenvalue weighted by molar-refractivity contribution is 5.85. The van der Waals surface area contributed by atoms with Crippen LogP contribution in [0, 0.1) is 11.8 Å². The van der Waals surface area contributed by atoms with Crippen molar-refractivity contribution in [3.63, 3.8) is 0 Å². The summed E-state index contributed by atoms with van der Waals surface area (Å²) in [4.78, 5) is 15.4. The molecule has 7 rings (SSSR count). The van der Waals surface area contributed by atoms with E-state index in [4.69, 9.17) is 42.6 Å². The number of hydrogen-bond acceptors (Lipinski definition) is 13. The third-order valence-electron chi connectivity index (χ3n) is 9.34. The summed E-state index contributed by atoms with van der Waals surface area (Å²) < 4.78 is 53.0. The molecule has 4 aliphatic heterocycles. The number of carbonyl (C=O) groups is 1. The number of aliphatic hydroxyl groups is 1. The summed E-state index contributed by atoms with van der Waals surface area (Å²) in [7, 11) is 6.59. The van der Waals surface area contributed by atoms with Gasteiger partial charge in [-0.3, -0.25) is 9.69 Å². The van der Waals surface area contributed by atoms with E-state index in [9.17, 15) is 15.0 Å². The fraction of sp³-hybridized carbons (Fsp3) is 0.581. The summed E-state index contributed by atoms with van der Waals surface area (Å²) in [6.07, 6.45) is -4.11. The van der Waals surface area contributed by atoms with Crippen LogP contribution in [-0.2, 0) is 28.5 Å². The number of ether oxygens (including phenoxy) is 9. The normalized spacial score (nSPS) is 34.7. The van der Waals surface area contributed by atoms with E-state index in [0.29, 0.717) is 17.1 Å². The lowest BCUT2D eigenvalue weighted by molar-refractivity contribution is -0.354. The van der Waals surface area contributed by atoms with Gasteiger partial charge >= 0.3 is 5.97 Å². The number of methoxy groups -OCH3 is 2. The summed E-state index contributed by atoms with van der Waals surface area (Å²) in [5.74, 6) is -0.602. The zero-order chi connectivity index (χ0) is 30.9. The van der Waals surface area contributed by atoms with Crippen LogP contribution in [0.3, 0.4) is 0 Å². The largest absolute Gasteiger partial charge is 0.502 e. The Morgan fingerprint density at radius 3 is 2.24 bits per heavy atom. The van der Waals surface area contributed by atoms with Crippen molar-refractivity contribution >= 4 is 18.4 Å². The Morgan fingerprint density at radius 1 is 0.933 bits per heavy atom. The predicted octanol–water partition coefficient (Wildman–Crippen LogP) is 2.33. The number of likely N-dealkylation sites (N-methyl/N-ethyl adjacent to an activating group) is 1. The van der Waals surface area contributed by atoms with Gasteiger partial charge in [0.15, 0.2) is 35.6 Å². The number of carbonyl (C=O) groups excluding carboxylic acids is 1. The number of halogens is 1. The van der Waals surface area contributed by atoms with Gasteiger partial charge in [-0.1, -0.05) is 0 Å². The van der Waals surface area contributed by atoms with Crippen LogP contribution in [0.4, 0.5) is 0 Å². The van der Waals surface area contributed by atoms with Crippen molar-refractivity contribution in [1.29, 1.82) is 0 Å². The van der Waals surface area contributed by atoms with Gasteiger partial charge in [0.2, 0.25) is 12.5 Å². The van der Waals surface area contributed by atoms with E-state index in [2.05, 4.69) is 0 Å². The summed E-state index contributed by atoms with van der Waals surface area (Å²) in [6, 6.07) is 6.57. The monoisotopic (exact) mass is 651 g/mol. The highest BCUT2D eigenvalue weighted by Crippen LogP contribution is 2.57. The maximum Gasteiger partial charge on any atom is 0.310 e. The van der Waals surface area contributed by atoms with Crippen LogP contribution in [0.5, 0.6) is 28.7 Å². The lowest BCUT2D eigenvalue weighted by Crippen LogP contribution is -2.66. The molecule has 3 saturated heterocycles. The molecule has 2 aromatic rings. The maximum absolute atomic E-state index is 13.5. The van der Waals surface area contributed by atoms with Gasteiger partial charge in [-0.25, -0.2) is 0 Å². The first-order valence-corrected chi connectivity index (χ1v) is 14.7. The molecule has 2 aromatic carbocycles. The number of phenolic OH excluding ortho intramolecular Hbond substituents is 1. The summed E-state index contributed by atoms with van der Waals surface area (Å²) in [5, 5.41) is 22.1. The molecule has 0 aromatic heterocycles. The highest BCUT2D eigenvalue weighted by atomic mass is 35.5. The van der Waals surface area contributed by atoms with Crippen LogP contribution >= 0.6 is 12.4 Å². The molecule has 0 amide bonds. The molecule has 1 unspecified atom stereocenters. The van der Waals surface area contributed by atoms with Crippen LogP contribution in [-0.4, -0.2) is 106 Å². The van der Waals surface area contributed by atoms with Crippen molar-refractivity contribution in [2.24, 2.45) is 11.8 Å². The van der Waals surface area contributed by atoms with Crippen molar-refractivity contribution in [3.05, 3.63) is 41.0 Å². The molecule has 2 N–H and O–H groups in total. The van der Waals surface area contributed by atoms with Gasteiger partial charge in [0.25, 0.3) is 0 Å². The average molecular weight is 652 g/mol. The average Bonchev–Trinajstić information content (AvgIpc) is 3.63. The Bertz CT molecular complexity index is 1410. The van der Waals surface area contributed by atoms with E-state index < -0.39 is 60.8 Å². The molecule has 1 aliphatic carbocycles. The van der Waals surface area contributed by atoms with Crippen molar-refractivity contribution in [3.8, 4) is 28.7 Å². The number of benzene rings is 2. The van der Waals surface area contributed by atoms with E-state index in [1.165, 1.54) is 14.2 Å². The second-order valence-corrected chi connectivity index (χ2v) is 12.0. The third kappa shape index (κ3) is 5.24. The smallest absolute Gasteiger partial charge is 0.310 e. The molecule has 5 aliphatic rings. The summed E-state index contributed by atoms with van der Waals surface area (Å²) >= 11 is 0. The minimum atomic E-state index is -0.929. The number of rotatable bonds is 6. The molecular weight excluding hydrogens is 614 g/mol. The van der Waals surface area contributed by atoms with E-state index in [0.717, 1.165) is 11.1 Å². The van der Waals surface area contributed by atoms with Crippen LogP contribution < -0.4 is 18.9 Å². The van der Waals surface area contributed by atoms with E-state index >= 15 is 0 Å². The molecule has 10 atom stereocenters. The first kappa shape index (κ1) is 31.9. The number of cyclic esters (lactones) is 1. The topological polar surface area (TPSA) is 144 Å². The summed E-state index contributed by atoms with van der Waals surface area (Å²) in [6.45, 7) is 2.20. The van der Waals surface area contributed by atoms with Crippen molar-refractivity contribution < 1.29 is 57.6 Å². The molecule has 14 heteroatoms. The van der Waals surface area contributed by atoms with Crippen LogP contribution in [0.15, 0.2) is 24.3 Å². The van der Waals surface area contributed by atoms with Gasteiger partial charge in [-0.2, -0.15) is 0 Å². The lowest BCUT2D eigenvalue weighted by atomic mass is 9.66. The maximum atomic E-state index is 13.5. The molecular formula is C31H38ClNO12. The SMILES string of the molecule is COc1cc([C@H]2c3cc4c(cc3[C@@H](O[C@@H]3O[C@@H]5COC(C)O[C@H]5[C@H](O)[C@H]3N(C)C)[C@H]3COC(=O)[C@H]23)OCO4)cc(OC)c1O.Cl. The van der Waals surface area contributed by atoms with Gasteiger partial charge in [-0.05, 0) is 62.0 Å². The zero-order valence-electron chi connectivity index (χ0n) is 25.5. The molecule has 0 saturated carbocycles. The molecule has 246 valence electrons. The Kier molecular flexibility index (Phi) is 8.72. The second kappa shape index (κ2) is 12.3. The number of nitrogens with zero attached hydrogens (tertiary/aromatic N) is 1. The minimum absolute atomic E-state index is 0. The Morgan fingerprint density at radius 2 is 1.60 bits per heavy atom. The Hall–Kier alpha value is -3.04. The van der Waals surface area contributed by atoms with E-state index in [1.54, 1.807) is 19.1 Å². The number of aromatic hydroxyl groups is 1. The molecule has 13 nitrogen and oxygen atoms in total. The number of fused-ring (bicyclic) bond motifs is 4. The van der Waals surface area contributed by atoms with Crippen molar-refractivity contribution in [2.45, 2.75) is 55.9 Å². The zero-order valence-corrected chi connectivity index (χ0v) is 26.4. The van der Waals surface area contributed by atoms with Crippen molar-refractivity contribution in [1.82, 2.24) is 4.90 Å².